The molecule has 0 atom stereocenters. The topological polar surface area (TPSA) is 54.2 Å². The first-order valence-electron chi connectivity index (χ1n) is 7.62. The van der Waals surface area contributed by atoms with E-state index in [4.69, 9.17) is 5.73 Å². The number of pyridine rings is 1. The van der Waals surface area contributed by atoms with Gasteiger partial charge in [0.15, 0.2) is 0 Å². The van der Waals surface area contributed by atoms with Crippen molar-refractivity contribution in [3.63, 3.8) is 0 Å². The quantitative estimate of drug-likeness (QED) is 0.851. The number of nitrogens with zero attached hydrogens (tertiary/aromatic N) is 2. The minimum absolute atomic E-state index is 0.353. The van der Waals surface area contributed by atoms with Gasteiger partial charge >= 0.3 is 0 Å². The molecule has 3 N–H and O–H groups in total. The van der Waals surface area contributed by atoms with Crippen molar-refractivity contribution in [1.29, 1.82) is 0 Å². The fourth-order valence-electron chi connectivity index (χ4n) is 2.99. The summed E-state index contributed by atoms with van der Waals surface area (Å²) < 4.78 is 0. The number of nitrogen functional groups attached to an aromatic ring is 1. The maximum absolute atomic E-state index is 6.30. The Morgan fingerprint density at radius 2 is 2.05 bits per heavy atom. The summed E-state index contributed by atoms with van der Waals surface area (Å²) in [4.78, 5) is 6.54. The lowest BCUT2D eigenvalue weighted by atomic mass is 9.80. The van der Waals surface area contributed by atoms with Crippen molar-refractivity contribution in [3.05, 3.63) is 30.6 Å². The molecule has 3 rings (SSSR count). The number of anilines is 2. The van der Waals surface area contributed by atoms with Gasteiger partial charge in [0.05, 0.1) is 11.4 Å². The van der Waals surface area contributed by atoms with Crippen LogP contribution in [0, 0.1) is 5.41 Å². The number of nitrogens with one attached hydrogen (secondary N) is 1. The highest BCUT2D eigenvalue weighted by molar-refractivity contribution is 5.98. The van der Waals surface area contributed by atoms with Gasteiger partial charge in [-0.1, -0.05) is 13.0 Å². The van der Waals surface area contributed by atoms with E-state index in [2.05, 4.69) is 41.3 Å². The predicted octanol–water partition coefficient (Wildman–Crippen LogP) is 2.96. The molecular weight excluding hydrogens is 260 g/mol. The van der Waals surface area contributed by atoms with Gasteiger partial charge in [-0.05, 0) is 50.5 Å². The Morgan fingerprint density at radius 1 is 1.29 bits per heavy atom. The Kier molecular flexibility index (Phi) is 3.72. The van der Waals surface area contributed by atoms with Crippen LogP contribution in [0.2, 0.25) is 0 Å². The predicted molar refractivity (Wildman–Crippen MR) is 89.5 cm³/mol. The van der Waals surface area contributed by atoms with E-state index < -0.39 is 0 Å². The van der Waals surface area contributed by atoms with Gasteiger partial charge in [-0.2, -0.15) is 0 Å². The molecule has 1 aromatic carbocycles. The Hall–Kier alpha value is -1.81. The van der Waals surface area contributed by atoms with Gasteiger partial charge in [-0.25, -0.2) is 0 Å². The summed E-state index contributed by atoms with van der Waals surface area (Å²) >= 11 is 0. The van der Waals surface area contributed by atoms with E-state index in [9.17, 15) is 0 Å². The lowest BCUT2D eigenvalue weighted by Gasteiger charge is -2.38. The normalized spacial score (nSPS) is 18.8. The minimum Gasteiger partial charge on any atom is -0.397 e. The molecule has 0 bridgehead atoms. The van der Waals surface area contributed by atoms with Crippen LogP contribution in [0.15, 0.2) is 30.6 Å². The number of benzene rings is 1. The molecule has 0 unspecified atom stereocenters. The van der Waals surface area contributed by atoms with Crippen molar-refractivity contribution < 1.29 is 0 Å². The summed E-state index contributed by atoms with van der Waals surface area (Å²) in [6.07, 6.45) is 6.11. The zero-order chi connectivity index (χ0) is 14.9. The summed E-state index contributed by atoms with van der Waals surface area (Å²) in [6, 6.07) is 6.13. The van der Waals surface area contributed by atoms with E-state index in [1.807, 2.05) is 12.3 Å². The highest BCUT2D eigenvalue weighted by atomic mass is 15.1. The molecule has 0 saturated carbocycles. The minimum atomic E-state index is 0.353. The summed E-state index contributed by atoms with van der Waals surface area (Å²) in [7, 11) is 2.20. The molecule has 0 radical (unpaired) electrons. The molecule has 1 aromatic heterocycles. The molecule has 0 amide bonds. The Balaban J connectivity index is 1.75. The first-order valence-corrected chi connectivity index (χ1v) is 7.62. The lowest BCUT2D eigenvalue weighted by molar-refractivity contribution is 0.150. The molecular formula is C17H24N4. The number of likely N-dealkylation sites (tertiary alicyclic amines) is 1. The fourth-order valence-corrected chi connectivity index (χ4v) is 2.99. The molecule has 1 aliphatic rings. The molecule has 1 saturated heterocycles. The van der Waals surface area contributed by atoms with Crippen LogP contribution in [0.25, 0.3) is 10.8 Å². The third-order valence-corrected chi connectivity index (χ3v) is 4.76. The van der Waals surface area contributed by atoms with Crippen LogP contribution in [-0.4, -0.2) is 36.6 Å². The first kappa shape index (κ1) is 14.1. The standard InChI is InChI=1S/C17H24N4/c1-17(6-9-21(2)10-7-17)12-20-15-4-3-13-11-19-8-5-14(13)16(15)18/h3-5,8,11,20H,6-7,9-10,12,18H2,1-2H3. The maximum atomic E-state index is 6.30. The molecule has 4 heteroatoms. The molecule has 4 nitrogen and oxygen atoms in total. The van der Waals surface area contributed by atoms with Crippen molar-refractivity contribution in [2.75, 3.05) is 37.7 Å². The highest BCUT2D eigenvalue weighted by Gasteiger charge is 2.28. The second-order valence-electron chi connectivity index (χ2n) is 6.59. The number of hydrogen-bond donors (Lipinski definition) is 2. The van der Waals surface area contributed by atoms with Gasteiger partial charge in [0.1, 0.15) is 0 Å². The molecule has 2 aromatic rings. The molecule has 0 aliphatic carbocycles. The van der Waals surface area contributed by atoms with E-state index in [-0.39, 0.29) is 0 Å². The summed E-state index contributed by atoms with van der Waals surface area (Å²) in [5.41, 5.74) is 8.52. The van der Waals surface area contributed by atoms with Crippen LogP contribution in [0.3, 0.4) is 0 Å². The SMILES string of the molecule is CN1CCC(C)(CNc2ccc3cnccc3c2N)CC1. The van der Waals surface area contributed by atoms with E-state index in [0.29, 0.717) is 5.41 Å². The summed E-state index contributed by atoms with van der Waals surface area (Å²) in [5.74, 6) is 0. The third-order valence-electron chi connectivity index (χ3n) is 4.76. The largest absolute Gasteiger partial charge is 0.397 e. The van der Waals surface area contributed by atoms with Gasteiger partial charge in [0, 0.05) is 29.7 Å². The van der Waals surface area contributed by atoms with Crippen LogP contribution >= 0.6 is 0 Å². The molecule has 0 spiro atoms. The van der Waals surface area contributed by atoms with Crippen molar-refractivity contribution in [3.8, 4) is 0 Å². The lowest BCUT2D eigenvalue weighted by Crippen LogP contribution is -2.40. The van der Waals surface area contributed by atoms with Crippen LogP contribution in [0.4, 0.5) is 11.4 Å². The van der Waals surface area contributed by atoms with Gasteiger partial charge in [-0.15, -0.1) is 0 Å². The molecule has 112 valence electrons. The number of hydrogen-bond acceptors (Lipinski definition) is 4. The Bertz CT molecular complexity index is 630. The number of piperidine rings is 1. The van der Waals surface area contributed by atoms with Crippen molar-refractivity contribution in [2.24, 2.45) is 5.41 Å². The van der Waals surface area contributed by atoms with Crippen LogP contribution in [-0.2, 0) is 0 Å². The average Bonchev–Trinajstić information content (AvgIpc) is 2.50. The van der Waals surface area contributed by atoms with Crippen molar-refractivity contribution in [2.45, 2.75) is 19.8 Å². The monoisotopic (exact) mass is 284 g/mol. The smallest absolute Gasteiger partial charge is 0.0630 e. The Labute approximate surface area is 126 Å². The fraction of sp³-hybridized carbons (Fsp3) is 0.471. The first-order chi connectivity index (χ1) is 10.1. The van der Waals surface area contributed by atoms with Gasteiger partial charge < -0.3 is 16.0 Å². The van der Waals surface area contributed by atoms with E-state index in [1.165, 1.54) is 25.9 Å². The zero-order valence-electron chi connectivity index (χ0n) is 12.9. The Morgan fingerprint density at radius 3 is 2.81 bits per heavy atom. The highest BCUT2D eigenvalue weighted by Crippen LogP contribution is 2.33. The number of rotatable bonds is 3. The van der Waals surface area contributed by atoms with E-state index in [0.717, 1.165) is 28.7 Å². The van der Waals surface area contributed by atoms with Gasteiger partial charge in [0.25, 0.3) is 0 Å². The van der Waals surface area contributed by atoms with Crippen molar-refractivity contribution in [1.82, 2.24) is 9.88 Å². The number of nitrogens with two attached hydrogens (primary N) is 1. The second-order valence-corrected chi connectivity index (χ2v) is 6.59. The van der Waals surface area contributed by atoms with E-state index in [1.54, 1.807) is 6.20 Å². The number of fused-ring (bicyclic) bond motifs is 1. The zero-order valence-corrected chi connectivity index (χ0v) is 12.9. The molecule has 2 heterocycles. The maximum Gasteiger partial charge on any atom is 0.0630 e. The van der Waals surface area contributed by atoms with Gasteiger partial charge in [-0.3, -0.25) is 4.98 Å². The molecule has 21 heavy (non-hydrogen) atoms. The van der Waals surface area contributed by atoms with E-state index >= 15 is 0 Å². The second kappa shape index (κ2) is 5.53. The summed E-state index contributed by atoms with van der Waals surface area (Å²) in [6.45, 7) is 5.70. The van der Waals surface area contributed by atoms with Gasteiger partial charge in [0.2, 0.25) is 0 Å². The number of aromatic nitrogens is 1. The summed E-state index contributed by atoms with van der Waals surface area (Å²) in [5, 5.41) is 5.73. The van der Waals surface area contributed by atoms with Crippen LogP contribution in [0.5, 0.6) is 0 Å². The average molecular weight is 284 g/mol. The third kappa shape index (κ3) is 2.95. The van der Waals surface area contributed by atoms with Crippen molar-refractivity contribution >= 4 is 22.1 Å². The van der Waals surface area contributed by atoms with Crippen LogP contribution in [0.1, 0.15) is 19.8 Å². The van der Waals surface area contributed by atoms with Crippen LogP contribution < -0.4 is 11.1 Å². The molecule has 1 fully saturated rings. The molecule has 1 aliphatic heterocycles.